The van der Waals surface area contributed by atoms with Crippen molar-refractivity contribution in [3.05, 3.63) is 52.7 Å². The van der Waals surface area contributed by atoms with Gasteiger partial charge in [0.25, 0.3) is 0 Å². The summed E-state index contributed by atoms with van der Waals surface area (Å²) in [5.74, 6) is -2.75. The van der Waals surface area contributed by atoms with Gasteiger partial charge in [-0.25, -0.2) is 18.6 Å². The average molecular weight is 285 g/mol. The molecular formula is C12H7ClF2N2O2. The van der Waals surface area contributed by atoms with Gasteiger partial charge in [0, 0.05) is 12.3 Å². The Hall–Kier alpha value is -2.21. The maximum atomic E-state index is 13.5. The Morgan fingerprint density at radius 1 is 1.32 bits per heavy atom. The second-order valence-electron chi connectivity index (χ2n) is 3.60. The van der Waals surface area contributed by atoms with Crippen LogP contribution >= 0.6 is 11.6 Å². The van der Waals surface area contributed by atoms with Crippen molar-refractivity contribution in [1.82, 2.24) is 4.98 Å². The highest BCUT2D eigenvalue weighted by Gasteiger charge is 2.12. The van der Waals surface area contributed by atoms with Crippen molar-refractivity contribution in [3.63, 3.8) is 0 Å². The van der Waals surface area contributed by atoms with Gasteiger partial charge in [0.2, 0.25) is 0 Å². The monoisotopic (exact) mass is 284 g/mol. The second kappa shape index (κ2) is 5.19. The molecule has 0 aliphatic rings. The third-order valence-corrected chi connectivity index (χ3v) is 2.56. The van der Waals surface area contributed by atoms with Crippen molar-refractivity contribution >= 4 is 29.1 Å². The maximum absolute atomic E-state index is 13.5. The molecule has 1 aromatic carbocycles. The predicted octanol–water partition coefficient (Wildman–Crippen LogP) is 3.46. The van der Waals surface area contributed by atoms with E-state index < -0.39 is 17.6 Å². The predicted molar refractivity (Wildman–Crippen MR) is 65.8 cm³/mol. The molecule has 0 radical (unpaired) electrons. The zero-order valence-electron chi connectivity index (χ0n) is 9.32. The van der Waals surface area contributed by atoms with Crippen LogP contribution in [0.25, 0.3) is 0 Å². The lowest BCUT2D eigenvalue weighted by molar-refractivity contribution is 0.0697. The van der Waals surface area contributed by atoms with Crippen LogP contribution in [0.1, 0.15) is 10.4 Å². The number of rotatable bonds is 3. The smallest absolute Gasteiger partial charge is 0.335 e. The molecule has 0 atom stereocenters. The van der Waals surface area contributed by atoms with E-state index >= 15 is 0 Å². The summed E-state index contributed by atoms with van der Waals surface area (Å²) in [5, 5.41) is 11.2. The molecule has 7 heteroatoms. The van der Waals surface area contributed by atoms with Gasteiger partial charge in [-0.15, -0.1) is 0 Å². The van der Waals surface area contributed by atoms with Crippen LogP contribution in [-0.2, 0) is 0 Å². The Morgan fingerprint density at radius 2 is 2.05 bits per heavy atom. The van der Waals surface area contributed by atoms with Crippen molar-refractivity contribution in [2.75, 3.05) is 5.32 Å². The summed E-state index contributed by atoms with van der Waals surface area (Å²) in [6.07, 6.45) is 1.25. The number of aromatic nitrogens is 1. The minimum absolute atomic E-state index is 0.0175. The number of pyridine rings is 1. The number of carboxylic acids is 1. The Labute approximate surface area is 111 Å². The molecule has 0 fully saturated rings. The van der Waals surface area contributed by atoms with E-state index in [2.05, 4.69) is 10.3 Å². The van der Waals surface area contributed by atoms with E-state index in [0.29, 0.717) is 6.07 Å². The number of anilines is 2. The van der Waals surface area contributed by atoms with Crippen LogP contribution in [0.2, 0.25) is 5.02 Å². The van der Waals surface area contributed by atoms with Gasteiger partial charge in [-0.05, 0) is 18.2 Å². The summed E-state index contributed by atoms with van der Waals surface area (Å²) in [5.41, 5.74) is -0.186. The first kappa shape index (κ1) is 13.2. The molecule has 0 unspecified atom stereocenters. The molecule has 1 heterocycles. The largest absolute Gasteiger partial charge is 0.478 e. The van der Waals surface area contributed by atoms with Crippen LogP contribution in [0.4, 0.5) is 20.3 Å². The van der Waals surface area contributed by atoms with E-state index in [-0.39, 0.29) is 22.1 Å². The fourth-order valence-corrected chi connectivity index (χ4v) is 1.66. The lowest BCUT2D eigenvalue weighted by Crippen LogP contribution is -2.01. The van der Waals surface area contributed by atoms with Crippen molar-refractivity contribution in [2.24, 2.45) is 0 Å². The van der Waals surface area contributed by atoms with Gasteiger partial charge in [-0.2, -0.15) is 0 Å². The van der Waals surface area contributed by atoms with Crippen molar-refractivity contribution in [3.8, 4) is 0 Å². The third kappa shape index (κ3) is 2.97. The first-order valence-electron chi connectivity index (χ1n) is 5.08. The minimum Gasteiger partial charge on any atom is -0.478 e. The number of carbonyl (C=O) groups is 1. The molecular weight excluding hydrogens is 278 g/mol. The standard InChI is InChI=1S/C12H7ClF2N2O2/c13-8-4-7(14)5-9(15)11(8)17-10-3-6(12(18)19)1-2-16-10/h1-5H,(H,16,17)(H,18,19). The zero-order valence-corrected chi connectivity index (χ0v) is 10.1. The van der Waals surface area contributed by atoms with Crippen LogP contribution in [0, 0.1) is 11.6 Å². The third-order valence-electron chi connectivity index (χ3n) is 2.27. The van der Waals surface area contributed by atoms with E-state index in [0.717, 1.165) is 6.07 Å². The van der Waals surface area contributed by atoms with Gasteiger partial charge in [0.05, 0.1) is 16.3 Å². The zero-order chi connectivity index (χ0) is 14.0. The molecule has 98 valence electrons. The molecule has 2 rings (SSSR count). The molecule has 0 aliphatic heterocycles. The topological polar surface area (TPSA) is 62.2 Å². The number of nitrogens with one attached hydrogen (secondary N) is 1. The summed E-state index contributed by atoms with van der Waals surface area (Å²) >= 11 is 5.70. The number of halogens is 3. The Morgan fingerprint density at radius 3 is 2.68 bits per heavy atom. The molecule has 0 spiro atoms. The van der Waals surface area contributed by atoms with Gasteiger partial charge >= 0.3 is 5.97 Å². The van der Waals surface area contributed by atoms with Crippen LogP contribution in [0.5, 0.6) is 0 Å². The summed E-state index contributed by atoms with van der Waals surface area (Å²) in [4.78, 5) is 14.6. The van der Waals surface area contributed by atoms with Gasteiger partial charge in [0.15, 0.2) is 5.82 Å². The van der Waals surface area contributed by atoms with E-state index in [4.69, 9.17) is 16.7 Å². The molecule has 0 amide bonds. The molecule has 4 nitrogen and oxygen atoms in total. The summed E-state index contributed by atoms with van der Waals surface area (Å²) in [6.45, 7) is 0. The normalized spacial score (nSPS) is 10.3. The van der Waals surface area contributed by atoms with Crippen molar-refractivity contribution in [1.29, 1.82) is 0 Å². The number of nitrogens with zero attached hydrogens (tertiary/aromatic N) is 1. The second-order valence-corrected chi connectivity index (χ2v) is 4.01. The molecule has 0 bridgehead atoms. The van der Waals surface area contributed by atoms with Crippen molar-refractivity contribution < 1.29 is 18.7 Å². The molecule has 19 heavy (non-hydrogen) atoms. The molecule has 2 aromatic rings. The van der Waals surface area contributed by atoms with E-state index in [9.17, 15) is 13.6 Å². The molecule has 2 N–H and O–H groups in total. The van der Waals surface area contributed by atoms with E-state index in [1.807, 2.05) is 0 Å². The number of aromatic carboxylic acids is 1. The number of hydrogen-bond acceptors (Lipinski definition) is 3. The van der Waals surface area contributed by atoms with Crippen LogP contribution in [0.3, 0.4) is 0 Å². The fraction of sp³-hybridized carbons (Fsp3) is 0. The Bertz CT molecular complexity index is 626. The van der Waals surface area contributed by atoms with Gasteiger partial charge in [-0.3, -0.25) is 0 Å². The highest BCUT2D eigenvalue weighted by atomic mass is 35.5. The number of hydrogen-bond donors (Lipinski definition) is 2. The van der Waals surface area contributed by atoms with Gasteiger partial charge in [-0.1, -0.05) is 11.6 Å². The SMILES string of the molecule is O=C(O)c1ccnc(Nc2c(F)cc(F)cc2Cl)c1. The molecule has 0 saturated carbocycles. The highest BCUT2D eigenvalue weighted by Crippen LogP contribution is 2.28. The highest BCUT2D eigenvalue weighted by molar-refractivity contribution is 6.33. The Kier molecular flexibility index (Phi) is 3.62. The van der Waals surface area contributed by atoms with Gasteiger partial charge in [0.1, 0.15) is 11.6 Å². The van der Waals surface area contributed by atoms with E-state index in [1.165, 1.54) is 18.3 Å². The Balaban J connectivity index is 2.36. The maximum Gasteiger partial charge on any atom is 0.335 e. The summed E-state index contributed by atoms with van der Waals surface area (Å²) in [7, 11) is 0. The van der Waals surface area contributed by atoms with E-state index in [1.54, 1.807) is 0 Å². The van der Waals surface area contributed by atoms with Gasteiger partial charge < -0.3 is 10.4 Å². The van der Waals surface area contributed by atoms with Crippen LogP contribution < -0.4 is 5.32 Å². The molecule has 0 saturated heterocycles. The number of carboxylic acid groups (broad SMARTS) is 1. The fourth-order valence-electron chi connectivity index (χ4n) is 1.42. The first-order valence-corrected chi connectivity index (χ1v) is 5.46. The number of benzene rings is 1. The average Bonchev–Trinajstić information content (AvgIpc) is 2.34. The summed E-state index contributed by atoms with van der Waals surface area (Å²) in [6, 6.07) is 4.10. The quantitative estimate of drug-likeness (QED) is 0.906. The van der Waals surface area contributed by atoms with Crippen LogP contribution in [-0.4, -0.2) is 16.1 Å². The van der Waals surface area contributed by atoms with Crippen molar-refractivity contribution in [2.45, 2.75) is 0 Å². The first-order chi connectivity index (χ1) is 8.97. The minimum atomic E-state index is -1.14. The molecule has 1 aromatic heterocycles. The summed E-state index contributed by atoms with van der Waals surface area (Å²) < 4.78 is 26.4. The van der Waals surface area contributed by atoms with Crippen LogP contribution in [0.15, 0.2) is 30.5 Å². The lowest BCUT2D eigenvalue weighted by atomic mass is 10.2. The molecule has 0 aliphatic carbocycles. The lowest BCUT2D eigenvalue weighted by Gasteiger charge is -2.09.